The van der Waals surface area contributed by atoms with Crippen LogP contribution in [-0.4, -0.2) is 28.4 Å². The Morgan fingerprint density at radius 3 is 2.65 bits per heavy atom. The molecule has 0 radical (unpaired) electrons. The molecule has 3 rings (SSSR count). The first kappa shape index (κ1) is 16.0. The molecule has 0 aromatic heterocycles. The van der Waals surface area contributed by atoms with Crippen LogP contribution in [0.1, 0.15) is 62.0 Å². The van der Waals surface area contributed by atoms with Gasteiger partial charge in [0, 0.05) is 19.5 Å². The topological polar surface area (TPSA) is 57.6 Å². The van der Waals surface area contributed by atoms with Crippen LogP contribution in [0.2, 0.25) is 0 Å². The summed E-state index contributed by atoms with van der Waals surface area (Å²) in [5.41, 5.74) is 1.82. The molecule has 1 aromatic carbocycles. The van der Waals surface area contributed by atoms with E-state index in [4.69, 9.17) is 0 Å². The summed E-state index contributed by atoms with van der Waals surface area (Å²) in [6.45, 7) is 0.844. The van der Waals surface area contributed by atoms with Crippen molar-refractivity contribution in [2.75, 3.05) is 6.54 Å². The van der Waals surface area contributed by atoms with Gasteiger partial charge in [0.15, 0.2) is 0 Å². The number of nitrogens with zero attached hydrogens (tertiary/aromatic N) is 1. The molecule has 0 bridgehead atoms. The largest absolute Gasteiger partial charge is 0.481 e. The Morgan fingerprint density at radius 1 is 1.17 bits per heavy atom. The average Bonchev–Trinajstić information content (AvgIpc) is 3.07. The second-order valence-corrected chi connectivity index (χ2v) is 6.91. The lowest BCUT2D eigenvalue weighted by Gasteiger charge is -2.33. The van der Waals surface area contributed by atoms with Crippen molar-refractivity contribution in [3.8, 4) is 0 Å². The highest BCUT2D eigenvalue weighted by Gasteiger charge is 2.32. The first-order valence-electron chi connectivity index (χ1n) is 8.73. The molecule has 1 saturated carbocycles. The van der Waals surface area contributed by atoms with Gasteiger partial charge in [-0.1, -0.05) is 49.9 Å². The number of hydrogen-bond donors (Lipinski definition) is 1. The number of aliphatic carboxylic acids is 1. The maximum Gasteiger partial charge on any atom is 0.312 e. The third-order valence-electron chi connectivity index (χ3n) is 5.32. The van der Waals surface area contributed by atoms with Crippen molar-refractivity contribution >= 4 is 11.9 Å². The summed E-state index contributed by atoms with van der Waals surface area (Å²) in [5, 5.41) is 9.47. The molecule has 1 aliphatic heterocycles. The maximum atomic E-state index is 12.5. The minimum atomic E-state index is -0.846. The molecule has 1 atom stereocenters. The summed E-state index contributed by atoms with van der Waals surface area (Å²) < 4.78 is 0. The van der Waals surface area contributed by atoms with E-state index in [-0.39, 0.29) is 5.91 Å². The van der Waals surface area contributed by atoms with E-state index in [1.807, 2.05) is 24.3 Å². The van der Waals surface area contributed by atoms with Crippen molar-refractivity contribution in [3.63, 3.8) is 0 Å². The number of carboxylic acids is 1. The first-order chi connectivity index (χ1) is 11.1. The number of amides is 1. The number of hydrogen-bond acceptors (Lipinski definition) is 2. The number of carbonyl (C=O) groups excluding carboxylic acids is 1. The Morgan fingerprint density at radius 2 is 1.91 bits per heavy atom. The molecule has 1 fully saturated rings. The Kier molecular flexibility index (Phi) is 4.99. The van der Waals surface area contributed by atoms with Crippen LogP contribution in [0, 0.1) is 5.92 Å². The van der Waals surface area contributed by atoms with Crippen molar-refractivity contribution in [1.82, 2.24) is 4.90 Å². The highest BCUT2D eigenvalue weighted by atomic mass is 16.4. The van der Waals surface area contributed by atoms with E-state index in [1.165, 1.54) is 25.7 Å². The Bertz CT molecular complexity index is 578. The third kappa shape index (κ3) is 3.74. The van der Waals surface area contributed by atoms with Crippen LogP contribution in [0.15, 0.2) is 24.3 Å². The predicted octanol–water partition coefficient (Wildman–Crippen LogP) is 3.56. The summed E-state index contributed by atoms with van der Waals surface area (Å²) in [6.07, 6.45) is 7.91. The van der Waals surface area contributed by atoms with Crippen LogP contribution < -0.4 is 0 Å². The smallest absolute Gasteiger partial charge is 0.312 e. The molecule has 1 N–H and O–H groups in total. The van der Waals surface area contributed by atoms with Crippen molar-refractivity contribution in [2.24, 2.45) is 5.92 Å². The number of rotatable bonds is 5. The molecule has 4 nitrogen and oxygen atoms in total. The molecule has 1 aromatic rings. The van der Waals surface area contributed by atoms with E-state index >= 15 is 0 Å². The van der Waals surface area contributed by atoms with Gasteiger partial charge in [0.25, 0.3) is 0 Å². The number of carboxylic acid groups (broad SMARTS) is 1. The average molecular weight is 315 g/mol. The van der Waals surface area contributed by atoms with E-state index in [0.29, 0.717) is 19.5 Å². The molecule has 1 aliphatic carbocycles. The fourth-order valence-corrected chi connectivity index (χ4v) is 4.01. The molecule has 0 spiro atoms. The van der Waals surface area contributed by atoms with Crippen molar-refractivity contribution in [1.29, 1.82) is 0 Å². The van der Waals surface area contributed by atoms with Gasteiger partial charge in [-0.25, -0.2) is 0 Å². The normalized spacial score (nSPS) is 21.2. The van der Waals surface area contributed by atoms with Crippen molar-refractivity contribution in [2.45, 2.75) is 57.4 Å². The molecule has 23 heavy (non-hydrogen) atoms. The SMILES string of the molecule is O=C(O)C1CN(C(=O)CCCC2CCCC2)Cc2ccccc21. The fourth-order valence-electron chi connectivity index (χ4n) is 4.01. The van der Waals surface area contributed by atoms with E-state index in [0.717, 1.165) is 29.9 Å². The van der Waals surface area contributed by atoms with Gasteiger partial charge in [-0.05, 0) is 29.9 Å². The van der Waals surface area contributed by atoms with Gasteiger partial charge in [-0.15, -0.1) is 0 Å². The number of carbonyl (C=O) groups is 2. The first-order valence-corrected chi connectivity index (χ1v) is 8.73. The number of benzene rings is 1. The summed E-state index contributed by atoms with van der Waals surface area (Å²) in [7, 11) is 0. The maximum absolute atomic E-state index is 12.5. The summed E-state index contributed by atoms with van der Waals surface area (Å²) in [6, 6.07) is 7.58. The van der Waals surface area contributed by atoms with Gasteiger partial charge < -0.3 is 10.0 Å². The third-order valence-corrected chi connectivity index (χ3v) is 5.32. The zero-order chi connectivity index (χ0) is 16.2. The summed E-state index contributed by atoms with van der Waals surface area (Å²) >= 11 is 0. The zero-order valence-electron chi connectivity index (χ0n) is 13.5. The molecular formula is C19H25NO3. The van der Waals surface area contributed by atoms with Crippen LogP contribution in [0.25, 0.3) is 0 Å². The molecule has 0 saturated heterocycles. The van der Waals surface area contributed by atoms with Crippen LogP contribution >= 0.6 is 0 Å². The van der Waals surface area contributed by atoms with Crippen LogP contribution in [0.5, 0.6) is 0 Å². The van der Waals surface area contributed by atoms with Crippen molar-refractivity contribution in [3.05, 3.63) is 35.4 Å². The highest BCUT2D eigenvalue weighted by Crippen LogP contribution is 2.31. The Hall–Kier alpha value is -1.84. The second kappa shape index (κ2) is 7.16. The standard InChI is InChI=1S/C19H25NO3/c21-18(11-5-8-14-6-1-2-7-14)20-12-15-9-3-4-10-16(15)17(13-20)19(22)23/h3-4,9-10,14,17H,1-2,5-8,11-13H2,(H,22,23). The lowest BCUT2D eigenvalue weighted by molar-refractivity contribution is -0.141. The molecule has 4 heteroatoms. The number of fused-ring (bicyclic) bond motifs is 1. The van der Waals surface area contributed by atoms with Gasteiger partial charge in [-0.2, -0.15) is 0 Å². The highest BCUT2D eigenvalue weighted by molar-refractivity contribution is 5.81. The van der Waals surface area contributed by atoms with E-state index < -0.39 is 11.9 Å². The summed E-state index contributed by atoms with van der Waals surface area (Å²) in [4.78, 5) is 25.8. The van der Waals surface area contributed by atoms with Gasteiger partial charge in [0.2, 0.25) is 5.91 Å². The Balaban J connectivity index is 1.59. The minimum Gasteiger partial charge on any atom is -0.481 e. The van der Waals surface area contributed by atoms with Crippen LogP contribution in [0.3, 0.4) is 0 Å². The van der Waals surface area contributed by atoms with Crippen molar-refractivity contribution < 1.29 is 14.7 Å². The van der Waals surface area contributed by atoms with Gasteiger partial charge in [-0.3, -0.25) is 9.59 Å². The monoisotopic (exact) mass is 315 g/mol. The van der Waals surface area contributed by atoms with Gasteiger partial charge >= 0.3 is 5.97 Å². The molecule has 124 valence electrons. The van der Waals surface area contributed by atoms with Gasteiger partial charge in [0.05, 0.1) is 5.92 Å². The predicted molar refractivity (Wildman–Crippen MR) is 88.0 cm³/mol. The van der Waals surface area contributed by atoms with E-state index in [2.05, 4.69) is 0 Å². The molecule has 1 amide bonds. The minimum absolute atomic E-state index is 0.101. The molecule has 1 unspecified atom stereocenters. The van der Waals surface area contributed by atoms with E-state index in [1.54, 1.807) is 4.90 Å². The Labute approximate surface area is 137 Å². The fraction of sp³-hybridized carbons (Fsp3) is 0.579. The quantitative estimate of drug-likeness (QED) is 0.904. The lowest BCUT2D eigenvalue weighted by atomic mass is 9.89. The zero-order valence-corrected chi connectivity index (χ0v) is 13.5. The second-order valence-electron chi connectivity index (χ2n) is 6.91. The molecular weight excluding hydrogens is 290 g/mol. The van der Waals surface area contributed by atoms with Gasteiger partial charge in [0.1, 0.15) is 0 Å². The van der Waals surface area contributed by atoms with Crippen LogP contribution in [0.4, 0.5) is 0 Å². The molecule has 2 aliphatic rings. The van der Waals surface area contributed by atoms with Crippen LogP contribution in [-0.2, 0) is 16.1 Å². The molecule has 1 heterocycles. The summed E-state index contributed by atoms with van der Waals surface area (Å²) in [5.74, 6) is -0.542. The lowest BCUT2D eigenvalue weighted by Crippen LogP contribution is -2.40. The van der Waals surface area contributed by atoms with E-state index in [9.17, 15) is 14.7 Å².